The molecule has 0 unspecified atom stereocenters. The molecule has 1 amide bonds. The van der Waals surface area contributed by atoms with Crippen LogP contribution in [0.5, 0.6) is 17.2 Å². The molecular formula is C24H21Br2ClN2O4. The Balaban J connectivity index is 1.58. The van der Waals surface area contributed by atoms with E-state index in [1.807, 2.05) is 42.5 Å². The molecule has 0 heterocycles. The van der Waals surface area contributed by atoms with Crippen LogP contribution in [-0.4, -0.2) is 26.3 Å². The van der Waals surface area contributed by atoms with Crippen LogP contribution in [-0.2, 0) is 17.8 Å². The van der Waals surface area contributed by atoms with Crippen LogP contribution in [0.2, 0.25) is 5.02 Å². The van der Waals surface area contributed by atoms with Crippen LogP contribution in [0.25, 0.3) is 0 Å². The summed E-state index contributed by atoms with van der Waals surface area (Å²) in [5.74, 6) is 1.59. The average Bonchev–Trinajstić information content (AvgIpc) is 2.79. The molecule has 0 atom stereocenters. The summed E-state index contributed by atoms with van der Waals surface area (Å²) in [6.45, 7) is 0.397. The number of hydrogen-bond donors (Lipinski definition) is 1. The topological polar surface area (TPSA) is 69.2 Å². The van der Waals surface area contributed by atoms with Crippen molar-refractivity contribution in [1.82, 2.24) is 5.43 Å². The van der Waals surface area contributed by atoms with Crippen LogP contribution >= 0.6 is 43.5 Å². The van der Waals surface area contributed by atoms with Gasteiger partial charge in [-0.15, -0.1) is 0 Å². The molecule has 0 spiro atoms. The Bertz CT molecular complexity index is 1130. The first-order valence-electron chi connectivity index (χ1n) is 9.78. The second-order valence-electron chi connectivity index (χ2n) is 6.89. The zero-order valence-corrected chi connectivity index (χ0v) is 21.8. The van der Waals surface area contributed by atoms with Crippen LogP contribution in [0.15, 0.2) is 68.6 Å². The van der Waals surface area contributed by atoms with Crippen molar-refractivity contribution < 1.29 is 19.0 Å². The molecule has 0 aliphatic heterocycles. The lowest BCUT2D eigenvalue weighted by atomic mass is 10.1. The maximum Gasteiger partial charge on any atom is 0.244 e. The third-order valence-electron chi connectivity index (χ3n) is 4.53. The van der Waals surface area contributed by atoms with E-state index in [2.05, 4.69) is 42.4 Å². The quantitative estimate of drug-likeness (QED) is 0.238. The van der Waals surface area contributed by atoms with E-state index < -0.39 is 0 Å². The van der Waals surface area contributed by atoms with Gasteiger partial charge in [-0.05, 0) is 84.9 Å². The SMILES string of the molecule is COc1ccc(CC(=O)N/N=C/c2cc(Br)c(OCc3ccc(Cl)cc3)c(Br)c2)cc1OC. The number of nitrogens with one attached hydrogen (secondary N) is 1. The smallest absolute Gasteiger partial charge is 0.244 e. The average molecular weight is 597 g/mol. The Hall–Kier alpha value is -2.55. The summed E-state index contributed by atoms with van der Waals surface area (Å²) in [6.07, 6.45) is 1.72. The van der Waals surface area contributed by atoms with Gasteiger partial charge in [-0.25, -0.2) is 5.43 Å². The highest BCUT2D eigenvalue weighted by molar-refractivity contribution is 9.11. The summed E-state index contributed by atoms with van der Waals surface area (Å²) in [5.41, 5.74) is 5.10. The van der Waals surface area contributed by atoms with Crippen molar-refractivity contribution >= 4 is 55.6 Å². The molecule has 3 aromatic rings. The third-order valence-corrected chi connectivity index (χ3v) is 5.96. The Morgan fingerprint density at radius 1 is 0.970 bits per heavy atom. The molecule has 0 aliphatic rings. The molecule has 3 rings (SSSR count). The van der Waals surface area contributed by atoms with E-state index >= 15 is 0 Å². The first-order chi connectivity index (χ1) is 15.9. The Labute approximate surface area is 214 Å². The minimum atomic E-state index is -0.250. The lowest BCUT2D eigenvalue weighted by Gasteiger charge is -2.11. The summed E-state index contributed by atoms with van der Waals surface area (Å²) in [7, 11) is 3.12. The standard InChI is InChI=1S/C24H21Br2ClN2O4/c1-31-21-8-5-16(11-22(21)32-2)12-23(30)29-28-13-17-9-19(25)24(20(26)10-17)33-14-15-3-6-18(27)7-4-15/h3-11,13H,12,14H2,1-2H3,(H,29,30)/b28-13+. The lowest BCUT2D eigenvalue weighted by molar-refractivity contribution is -0.120. The summed E-state index contributed by atoms with van der Waals surface area (Å²) in [6, 6.07) is 16.5. The molecule has 0 aliphatic carbocycles. The molecule has 1 N–H and O–H groups in total. The van der Waals surface area contributed by atoms with Gasteiger partial charge in [0.25, 0.3) is 0 Å². The zero-order valence-electron chi connectivity index (χ0n) is 17.9. The van der Waals surface area contributed by atoms with E-state index in [0.29, 0.717) is 28.9 Å². The monoisotopic (exact) mass is 594 g/mol. The fraction of sp³-hybridized carbons (Fsp3) is 0.167. The number of hydrazone groups is 1. The number of benzene rings is 3. The summed E-state index contributed by atoms with van der Waals surface area (Å²) in [4.78, 5) is 12.2. The summed E-state index contributed by atoms with van der Waals surface area (Å²) in [5, 5.41) is 4.73. The number of hydrogen-bond acceptors (Lipinski definition) is 5. The van der Waals surface area contributed by atoms with Gasteiger partial charge in [-0.1, -0.05) is 29.8 Å². The summed E-state index contributed by atoms with van der Waals surface area (Å²) >= 11 is 13.0. The number of nitrogens with zero attached hydrogens (tertiary/aromatic N) is 1. The molecule has 33 heavy (non-hydrogen) atoms. The van der Waals surface area contributed by atoms with Crippen molar-refractivity contribution in [2.45, 2.75) is 13.0 Å². The van der Waals surface area contributed by atoms with Gasteiger partial charge in [0.05, 0.1) is 35.8 Å². The fourth-order valence-electron chi connectivity index (χ4n) is 2.92. The highest BCUT2D eigenvalue weighted by Crippen LogP contribution is 2.35. The van der Waals surface area contributed by atoms with Gasteiger partial charge in [0.1, 0.15) is 12.4 Å². The molecule has 0 aromatic heterocycles. The number of methoxy groups -OCH3 is 2. The Kier molecular flexibility index (Phi) is 9.17. The summed E-state index contributed by atoms with van der Waals surface area (Å²) < 4.78 is 17.9. The maximum absolute atomic E-state index is 12.2. The van der Waals surface area contributed by atoms with Gasteiger partial charge in [-0.3, -0.25) is 4.79 Å². The van der Waals surface area contributed by atoms with Gasteiger partial charge < -0.3 is 14.2 Å². The van der Waals surface area contributed by atoms with Gasteiger partial charge in [0, 0.05) is 5.02 Å². The number of carbonyl (C=O) groups is 1. The largest absolute Gasteiger partial charge is 0.493 e. The number of rotatable bonds is 9. The van der Waals surface area contributed by atoms with Crippen LogP contribution in [0.3, 0.4) is 0 Å². The van der Waals surface area contributed by atoms with Crippen molar-refractivity contribution in [3.8, 4) is 17.2 Å². The molecule has 9 heteroatoms. The second-order valence-corrected chi connectivity index (χ2v) is 9.03. The molecule has 0 bridgehead atoms. The van der Waals surface area contributed by atoms with E-state index in [9.17, 15) is 4.79 Å². The normalized spacial score (nSPS) is 10.8. The minimum Gasteiger partial charge on any atom is -0.493 e. The Morgan fingerprint density at radius 3 is 2.24 bits per heavy atom. The highest BCUT2D eigenvalue weighted by Gasteiger charge is 2.10. The predicted octanol–water partition coefficient (Wildman–Crippen LogP) is 6.15. The molecule has 0 saturated carbocycles. The van der Waals surface area contributed by atoms with Crippen LogP contribution in [0.4, 0.5) is 0 Å². The molecule has 0 radical (unpaired) electrons. The minimum absolute atomic E-state index is 0.155. The van der Waals surface area contributed by atoms with E-state index in [1.165, 1.54) is 0 Å². The highest BCUT2D eigenvalue weighted by atomic mass is 79.9. The number of carbonyl (C=O) groups excluding carboxylic acids is 1. The third kappa shape index (κ3) is 7.22. The lowest BCUT2D eigenvalue weighted by Crippen LogP contribution is -2.19. The number of halogens is 3. The molecule has 0 saturated heterocycles. The van der Waals surface area contributed by atoms with Crippen molar-refractivity contribution in [2.75, 3.05) is 14.2 Å². The first kappa shape index (κ1) is 25.1. The van der Waals surface area contributed by atoms with E-state index in [4.69, 9.17) is 25.8 Å². The first-order valence-corrected chi connectivity index (χ1v) is 11.7. The maximum atomic E-state index is 12.2. The van der Waals surface area contributed by atoms with Gasteiger partial charge >= 0.3 is 0 Å². The van der Waals surface area contributed by atoms with E-state index in [-0.39, 0.29) is 12.3 Å². The molecule has 0 fully saturated rings. The zero-order chi connectivity index (χ0) is 23.8. The van der Waals surface area contributed by atoms with Gasteiger partial charge in [-0.2, -0.15) is 5.10 Å². The van der Waals surface area contributed by atoms with Crippen LogP contribution in [0, 0.1) is 0 Å². The van der Waals surface area contributed by atoms with Gasteiger partial charge in [0.2, 0.25) is 5.91 Å². The number of amides is 1. The van der Waals surface area contributed by atoms with Crippen LogP contribution in [0.1, 0.15) is 16.7 Å². The molecule has 172 valence electrons. The van der Waals surface area contributed by atoms with Gasteiger partial charge in [0.15, 0.2) is 11.5 Å². The van der Waals surface area contributed by atoms with E-state index in [0.717, 1.165) is 25.6 Å². The fourth-order valence-corrected chi connectivity index (χ4v) is 4.50. The van der Waals surface area contributed by atoms with Crippen molar-refractivity contribution in [3.63, 3.8) is 0 Å². The molecular weight excluding hydrogens is 576 g/mol. The Morgan fingerprint density at radius 2 is 1.61 bits per heavy atom. The van der Waals surface area contributed by atoms with Crippen molar-refractivity contribution in [1.29, 1.82) is 0 Å². The molecule has 6 nitrogen and oxygen atoms in total. The van der Waals surface area contributed by atoms with E-state index in [1.54, 1.807) is 32.6 Å². The predicted molar refractivity (Wildman–Crippen MR) is 137 cm³/mol. The van der Waals surface area contributed by atoms with Crippen LogP contribution < -0.4 is 19.6 Å². The second kappa shape index (κ2) is 12.1. The molecule has 3 aromatic carbocycles. The van der Waals surface area contributed by atoms with Crippen molar-refractivity contribution in [2.24, 2.45) is 5.10 Å². The number of ether oxygens (including phenoxy) is 3. The van der Waals surface area contributed by atoms with Crippen molar-refractivity contribution in [3.05, 3.63) is 85.3 Å².